The van der Waals surface area contributed by atoms with Gasteiger partial charge in [0, 0.05) is 23.1 Å². The third-order valence-electron chi connectivity index (χ3n) is 4.85. The van der Waals surface area contributed by atoms with E-state index in [1.54, 1.807) is 0 Å². The van der Waals surface area contributed by atoms with E-state index in [1.807, 2.05) is 6.07 Å². The third kappa shape index (κ3) is 2.86. The summed E-state index contributed by atoms with van der Waals surface area (Å²) in [6.07, 6.45) is 0.575. The average molecular weight is 350 g/mol. The minimum atomic E-state index is -0.0907. The van der Waals surface area contributed by atoms with Crippen LogP contribution in [0.4, 0.5) is 11.5 Å². The van der Waals surface area contributed by atoms with Crippen LogP contribution in [0.2, 0.25) is 0 Å². The highest BCUT2D eigenvalue weighted by Gasteiger charge is 2.31. The first-order valence-electron chi connectivity index (χ1n) is 8.77. The molecule has 1 aliphatic rings. The molecule has 1 aliphatic heterocycles. The van der Waals surface area contributed by atoms with Gasteiger partial charge in [-0.05, 0) is 16.4 Å². The molecule has 0 spiro atoms. The van der Waals surface area contributed by atoms with Crippen molar-refractivity contribution >= 4 is 11.5 Å². The number of ether oxygens (including phenoxy) is 1. The highest BCUT2D eigenvalue weighted by Crippen LogP contribution is 2.46. The summed E-state index contributed by atoms with van der Waals surface area (Å²) in [4.78, 5) is 4.29. The van der Waals surface area contributed by atoms with Gasteiger partial charge in [-0.1, -0.05) is 53.7 Å². The van der Waals surface area contributed by atoms with Crippen LogP contribution >= 0.6 is 0 Å². The molecule has 26 heavy (non-hydrogen) atoms. The smallest absolute Gasteiger partial charge is 0.226 e. The second-order valence-electron chi connectivity index (χ2n) is 8.97. The molecular weight excluding hydrogens is 324 g/mol. The fourth-order valence-corrected chi connectivity index (χ4v) is 3.23. The number of aromatic nitrogens is 1. The molecule has 0 unspecified atom stereocenters. The lowest BCUT2D eigenvalue weighted by molar-refractivity contribution is 0.419. The number of fused-ring (bicyclic) bond motifs is 2. The van der Waals surface area contributed by atoms with Gasteiger partial charge in [-0.3, -0.25) is 0 Å². The summed E-state index contributed by atoms with van der Waals surface area (Å²) < 4.78 is 6.18. The Bertz CT molecular complexity index is 941. The normalized spacial score (nSPS) is 13.4. The molecule has 3 rings (SSSR count). The molecule has 0 radical (unpaired) electrons. The SMILES string of the molecule is CC(C)(C)c1cc2c(c(C(C)(C)C)c1)Oc1nc(N)c(C#N)c(N)c1C2. The van der Waals surface area contributed by atoms with E-state index in [-0.39, 0.29) is 22.2 Å². The fourth-order valence-electron chi connectivity index (χ4n) is 3.23. The van der Waals surface area contributed by atoms with Crippen LogP contribution in [-0.2, 0) is 17.3 Å². The van der Waals surface area contributed by atoms with E-state index in [2.05, 4.69) is 58.7 Å². The first-order valence-corrected chi connectivity index (χ1v) is 8.77. The summed E-state index contributed by atoms with van der Waals surface area (Å²) in [5, 5.41) is 9.31. The number of nitriles is 1. The predicted octanol–water partition coefficient (Wildman–Crippen LogP) is 4.41. The molecule has 1 aromatic heterocycles. The average Bonchev–Trinajstić information content (AvgIpc) is 2.51. The van der Waals surface area contributed by atoms with E-state index in [9.17, 15) is 5.26 Å². The van der Waals surface area contributed by atoms with Gasteiger partial charge >= 0.3 is 0 Å². The van der Waals surface area contributed by atoms with Crippen LogP contribution < -0.4 is 16.2 Å². The summed E-state index contributed by atoms with van der Waals surface area (Å²) >= 11 is 0. The van der Waals surface area contributed by atoms with Crippen molar-refractivity contribution in [3.8, 4) is 17.7 Å². The zero-order valence-electron chi connectivity index (χ0n) is 16.3. The Morgan fingerprint density at radius 3 is 2.27 bits per heavy atom. The number of anilines is 2. The highest BCUT2D eigenvalue weighted by molar-refractivity contribution is 5.73. The van der Waals surface area contributed by atoms with Crippen molar-refractivity contribution in [3.63, 3.8) is 0 Å². The van der Waals surface area contributed by atoms with Crippen molar-refractivity contribution < 1.29 is 4.74 Å². The molecule has 2 heterocycles. The van der Waals surface area contributed by atoms with Crippen LogP contribution in [0.1, 0.15) is 69.4 Å². The number of benzene rings is 1. The molecule has 5 nitrogen and oxygen atoms in total. The Morgan fingerprint density at radius 1 is 1.08 bits per heavy atom. The highest BCUT2D eigenvalue weighted by atomic mass is 16.5. The lowest BCUT2D eigenvalue weighted by Crippen LogP contribution is -2.21. The first-order chi connectivity index (χ1) is 11.9. The van der Waals surface area contributed by atoms with Gasteiger partial charge in [0.05, 0.1) is 5.69 Å². The lowest BCUT2D eigenvalue weighted by atomic mass is 9.78. The number of pyridine rings is 1. The fraction of sp³-hybridized carbons (Fsp3) is 0.429. The first kappa shape index (κ1) is 18.1. The number of nitrogens with two attached hydrogens (primary N) is 2. The second kappa shape index (κ2) is 5.63. The maximum atomic E-state index is 9.31. The zero-order chi connectivity index (χ0) is 19.4. The molecule has 0 aliphatic carbocycles. The van der Waals surface area contributed by atoms with E-state index in [1.165, 1.54) is 5.56 Å². The van der Waals surface area contributed by atoms with Gasteiger partial charge in [0.15, 0.2) is 0 Å². The van der Waals surface area contributed by atoms with Gasteiger partial charge in [-0.25, -0.2) is 0 Å². The number of nitrogen functional groups attached to an aromatic ring is 2. The second-order valence-corrected chi connectivity index (χ2v) is 8.97. The van der Waals surface area contributed by atoms with E-state index >= 15 is 0 Å². The molecule has 0 amide bonds. The molecule has 0 saturated heterocycles. The van der Waals surface area contributed by atoms with Crippen LogP contribution in [0.3, 0.4) is 0 Å². The minimum absolute atomic E-state index is 0.0119. The van der Waals surface area contributed by atoms with Gasteiger partial charge in [-0.2, -0.15) is 10.2 Å². The van der Waals surface area contributed by atoms with Crippen LogP contribution in [-0.4, -0.2) is 4.98 Å². The topological polar surface area (TPSA) is 98.0 Å². The molecular formula is C21H26N4O. The minimum Gasteiger partial charge on any atom is -0.438 e. The lowest BCUT2D eigenvalue weighted by Gasteiger charge is -2.31. The van der Waals surface area contributed by atoms with Gasteiger partial charge in [0.1, 0.15) is 23.2 Å². The monoisotopic (exact) mass is 350 g/mol. The third-order valence-corrected chi connectivity index (χ3v) is 4.85. The molecule has 136 valence electrons. The molecule has 5 heteroatoms. The van der Waals surface area contributed by atoms with Crippen LogP contribution in [0.25, 0.3) is 0 Å². The van der Waals surface area contributed by atoms with E-state index in [4.69, 9.17) is 16.2 Å². The standard InChI is InChI=1S/C21H26N4O/c1-20(2,3)12-7-11-8-13-16(23)14(10-22)18(24)25-19(13)26-17(11)15(9-12)21(4,5)6/h7,9H,8H2,1-6H3,(H4,23,24,25). The van der Waals surface area contributed by atoms with Crippen molar-refractivity contribution in [2.45, 2.75) is 58.8 Å². The Labute approximate surface area is 155 Å². The molecule has 0 fully saturated rings. The van der Waals surface area contributed by atoms with Gasteiger partial charge in [0.2, 0.25) is 5.88 Å². The molecule has 2 aromatic rings. The maximum Gasteiger partial charge on any atom is 0.226 e. The van der Waals surface area contributed by atoms with Crippen LogP contribution in [0.15, 0.2) is 12.1 Å². The van der Waals surface area contributed by atoms with Gasteiger partial charge in [0.25, 0.3) is 0 Å². The summed E-state index contributed by atoms with van der Waals surface area (Å²) in [6, 6.07) is 6.44. The van der Waals surface area contributed by atoms with Crippen LogP contribution in [0.5, 0.6) is 11.6 Å². The Kier molecular flexibility index (Phi) is 3.91. The van der Waals surface area contributed by atoms with Gasteiger partial charge < -0.3 is 16.2 Å². The van der Waals surface area contributed by atoms with Crippen LogP contribution in [0, 0.1) is 11.3 Å². The molecule has 0 saturated carbocycles. The van der Waals surface area contributed by atoms with Crippen molar-refractivity contribution in [2.75, 3.05) is 11.5 Å². The quantitative estimate of drug-likeness (QED) is 0.626. The molecule has 0 bridgehead atoms. The Hall–Kier alpha value is -2.74. The van der Waals surface area contributed by atoms with Crippen molar-refractivity contribution in [1.82, 2.24) is 4.98 Å². The number of nitrogens with zero attached hydrogens (tertiary/aromatic N) is 2. The summed E-state index contributed by atoms with van der Waals surface area (Å²) in [6.45, 7) is 13.1. The number of hydrogen-bond donors (Lipinski definition) is 2. The zero-order valence-corrected chi connectivity index (χ0v) is 16.3. The molecule has 4 N–H and O–H groups in total. The van der Waals surface area contributed by atoms with Gasteiger partial charge in [-0.15, -0.1) is 0 Å². The van der Waals surface area contributed by atoms with E-state index < -0.39 is 0 Å². The van der Waals surface area contributed by atoms with E-state index in [0.29, 0.717) is 18.0 Å². The molecule has 1 aromatic carbocycles. The number of rotatable bonds is 0. The van der Waals surface area contributed by atoms with Crippen molar-refractivity contribution in [3.05, 3.63) is 39.9 Å². The maximum absolute atomic E-state index is 9.31. The van der Waals surface area contributed by atoms with E-state index in [0.717, 1.165) is 22.4 Å². The van der Waals surface area contributed by atoms with Crippen molar-refractivity contribution in [1.29, 1.82) is 5.26 Å². The largest absolute Gasteiger partial charge is 0.438 e. The summed E-state index contributed by atoms with van der Waals surface area (Å²) in [7, 11) is 0. The molecule has 0 atom stereocenters. The summed E-state index contributed by atoms with van der Waals surface area (Å²) in [5.74, 6) is 1.34. The summed E-state index contributed by atoms with van der Waals surface area (Å²) in [5.41, 5.74) is 16.8. The number of hydrogen-bond acceptors (Lipinski definition) is 5. The Morgan fingerprint density at radius 2 is 1.73 bits per heavy atom. The predicted molar refractivity (Wildman–Crippen MR) is 104 cm³/mol. The van der Waals surface area contributed by atoms with Crippen molar-refractivity contribution in [2.24, 2.45) is 0 Å². The Balaban J connectivity index is 2.26.